The maximum atomic E-state index is 13.0. The highest BCUT2D eigenvalue weighted by atomic mass is 127. The van der Waals surface area contributed by atoms with Crippen molar-refractivity contribution in [3.05, 3.63) is 96.4 Å². The van der Waals surface area contributed by atoms with Crippen molar-refractivity contribution in [3.63, 3.8) is 0 Å². The molecular formula is C27H21BrINO5S. The molecule has 3 aromatic carbocycles. The Balaban J connectivity index is 1.53. The van der Waals surface area contributed by atoms with E-state index in [-0.39, 0.29) is 17.2 Å². The number of amides is 2. The van der Waals surface area contributed by atoms with E-state index >= 15 is 0 Å². The number of halogens is 2. The summed E-state index contributed by atoms with van der Waals surface area (Å²) in [6, 6.07) is 20.3. The van der Waals surface area contributed by atoms with Crippen LogP contribution in [-0.2, 0) is 11.4 Å². The number of thioether (sulfide) groups is 1. The molecule has 0 radical (unpaired) electrons. The molecule has 1 aliphatic heterocycles. The van der Waals surface area contributed by atoms with Crippen molar-refractivity contribution in [3.8, 4) is 11.5 Å². The van der Waals surface area contributed by atoms with Gasteiger partial charge in [0.1, 0.15) is 6.61 Å². The van der Waals surface area contributed by atoms with Gasteiger partial charge in [0.15, 0.2) is 17.3 Å². The quantitative estimate of drug-likeness (QED) is 0.139. The summed E-state index contributed by atoms with van der Waals surface area (Å²) in [6.45, 7) is 2.41. The fourth-order valence-electron chi connectivity index (χ4n) is 3.46. The zero-order valence-electron chi connectivity index (χ0n) is 19.2. The molecule has 1 fully saturated rings. The Morgan fingerprint density at radius 1 is 1.06 bits per heavy atom. The lowest BCUT2D eigenvalue weighted by Gasteiger charge is -2.15. The molecule has 0 spiro atoms. The second kappa shape index (κ2) is 12.1. The monoisotopic (exact) mass is 677 g/mol. The Kier molecular flexibility index (Phi) is 8.86. The molecule has 6 nitrogen and oxygen atoms in total. The van der Waals surface area contributed by atoms with E-state index in [0.717, 1.165) is 30.3 Å². The third-order valence-electron chi connectivity index (χ3n) is 5.20. The van der Waals surface area contributed by atoms with Gasteiger partial charge in [-0.15, -0.1) is 0 Å². The molecule has 0 unspecified atom stereocenters. The first kappa shape index (κ1) is 26.4. The van der Waals surface area contributed by atoms with Gasteiger partial charge in [0.2, 0.25) is 0 Å². The Bertz CT molecular complexity index is 1330. The molecule has 0 atom stereocenters. The lowest BCUT2D eigenvalue weighted by Crippen LogP contribution is -2.33. The molecule has 36 heavy (non-hydrogen) atoms. The minimum Gasteiger partial charge on any atom is -0.490 e. The summed E-state index contributed by atoms with van der Waals surface area (Å²) >= 11 is 6.31. The second-order valence-corrected chi connectivity index (χ2v) is 10.8. The highest BCUT2D eigenvalue weighted by molar-refractivity contribution is 14.1. The maximum Gasteiger partial charge on any atom is 0.293 e. The van der Waals surface area contributed by atoms with Gasteiger partial charge in [0.25, 0.3) is 11.1 Å². The third-order valence-corrected chi connectivity index (χ3v) is 7.43. The normalized spacial score (nSPS) is 14.4. The molecule has 4 rings (SSSR count). The summed E-state index contributed by atoms with van der Waals surface area (Å²) in [6.07, 6.45) is 1.64. The number of Topliss-reactive ketones (excluding diaryl/α,β-unsaturated/α-hetero) is 1. The largest absolute Gasteiger partial charge is 0.490 e. The summed E-state index contributed by atoms with van der Waals surface area (Å²) in [5, 5.41) is -0.473. The van der Waals surface area contributed by atoms with Crippen LogP contribution in [0.2, 0.25) is 0 Å². The van der Waals surface area contributed by atoms with Crippen LogP contribution < -0.4 is 9.47 Å². The maximum absolute atomic E-state index is 13.0. The zero-order valence-corrected chi connectivity index (χ0v) is 23.8. The summed E-state index contributed by atoms with van der Waals surface area (Å²) in [4.78, 5) is 39.3. The van der Waals surface area contributed by atoms with Crippen molar-refractivity contribution < 1.29 is 23.9 Å². The molecular weight excluding hydrogens is 657 g/mol. The standard InChI is InChI=1S/C27H21BrINO5S/c1-2-34-23-13-18(12-21(29)25(23)35-16-17-6-4-3-5-7-17)14-24-26(32)30(27(33)36-24)15-22(31)19-8-10-20(28)11-9-19/h3-14H,2,15-16H2,1H3/b24-14+. The van der Waals surface area contributed by atoms with Crippen molar-refractivity contribution in [1.82, 2.24) is 4.90 Å². The van der Waals surface area contributed by atoms with Gasteiger partial charge < -0.3 is 9.47 Å². The van der Waals surface area contributed by atoms with E-state index < -0.39 is 11.1 Å². The van der Waals surface area contributed by atoms with Crippen LogP contribution >= 0.6 is 50.3 Å². The molecule has 3 aromatic rings. The van der Waals surface area contributed by atoms with Crippen LogP contribution in [0.15, 0.2) is 76.1 Å². The van der Waals surface area contributed by atoms with Gasteiger partial charge in [-0.3, -0.25) is 19.3 Å². The Labute approximate surface area is 235 Å². The summed E-state index contributed by atoms with van der Waals surface area (Å²) < 4.78 is 13.5. The highest BCUT2D eigenvalue weighted by Crippen LogP contribution is 2.38. The van der Waals surface area contributed by atoms with Gasteiger partial charge in [-0.25, -0.2) is 0 Å². The first-order chi connectivity index (χ1) is 17.4. The molecule has 0 aliphatic carbocycles. The Hall–Kier alpha value is -2.63. The number of rotatable bonds is 9. The molecule has 1 aliphatic rings. The molecule has 2 amide bonds. The molecule has 1 saturated heterocycles. The van der Waals surface area contributed by atoms with Crippen LogP contribution in [0.4, 0.5) is 4.79 Å². The van der Waals surface area contributed by atoms with Gasteiger partial charge in [0, 0.05) is 10.0 Å². The number of benzene rings is 3. The fourth-order valence-corrected chi connectivity index (χ4v) is 5.35. The predicted octanol–water partition coefficient (Wildman–Crippen LogP) is 6.95. The third kappa shape index (κ3) is 6.37. The van der Waals surface area contributed by atoms with E-state index in [2.05, 4.69) is 38.5 Å². The minimum atomic E-state index is -0.493. The molecule has 0 aromatic heterocycles. The SMILES string of the molecule is CCOc1cc(/C=C2/SC(=O)N(CC(=O)c3ccc(Br)cc3)C2=O)cc(I)c1OCc1ccccc1. The second-order valence-electron chi connectivity index (χ2n) is 7.74. The van der Waals surface area contributed by atoms with E-state index in [1.54, 1.807) is 36.4 Å². The van der Waals surface area contributed by atoms with Gasteiger partial charge in [-0.1, -0.05) is 58.4 Å². The number of hydrogen-bond donors (Lipinski definition) is 0. The summed E-state index contributed by atoms with van der Waals surface area (Å²) in [7, 11) is 0. The number of imide groups is 1. The first-order valence-corrected chi connectivity index (χ1v) is 13.7. The number of ether oxygens (including phenoxy) is 2. The minimum absolute atomic E-state index is 0.250. The number of ketones is 1. The van der Waals surface area contributed by atoms with E-state index in [1.165, 1.54) is 0 Å². The van der Waals surface area contributed by atoms with Crippen molar-refractivity contribution in [2.24, 2.45) is 0 Å². The number of hydrogen-bond acceptors (Lipinski definition) is 6. The van der Waals surface area contributed by atoms with Crippen molar-refractivity contribution >= 4 is 73.3 Å². The molecule has 184 valence electrons. The average Bonchev–Trinajstić information content (AvgIpc) is 3.12. The fraction of sp³-hybridized carbons (Fsp3) is 0.148. The van der Waals surface area contributed by atoms with Crippen LogP contribution in [0.3, 0.4) is 0 Å². The van der Waals surface area contributed by atoms with E-state index in [9.17, 15) is 14.4 Å². The predicted molar refractivity (Wildman–Crippen MR) is 152 cm³/mol. The molecule has 0 bridgehead atoms. The first-order valence-electron chi connectivity index (χ1n) is 11.0. The van der Waals surface area contributed by atoms with Crippen LogP contribution in [0.25, 0.3) is 6.08 Å². The lowest BCUT2D eigenvalue weighted by atomic mass is 10.1. The van der Waals surface area contributed by atoms with Gasteiger partial charge in [0.05, 0.1) is 21.6 Å². The zero-order chi connectivity index (χ0) is 25.7. The van der Waals surface area contributed by atoms with Gasteiger partial charge >= 0.3 is 0 Å². The van der Waals surface area contributed by atoms with E-state index in [1.807, 2.05) is 43.3 Å². The average molecular weight is 678 g/mol. The van der Waals surface area contributed by atoms with Crippen LogP contribution in [0, 0.1) is 3.57 Å². The molecule has 9 heteroatoms. The van der Waals surface area contributed by atoms with Crippen LogP contribution in [0.5, 0.6) is 11.5 Å². The molecule has 0 saturated carbocycles. The smallest absolute Gasteiger partial charge is 0.293 e. The summed E-state index contributed by atoms with van der Waals surface area (Å²) in [5.74, 6) is 0.370. The van der Waals surface area contributed by atoms with Gasteiger partial charge in [-0.2, -0.15) is 0 Å². The van der Waals surface area contributed by atoms with Gasteiger partial charge in [-0.05, 0) is 82.7 Å². The highest BCUT2D eigenvalue weighted by Gasteiger charge is 2.36. The number of nitrogens with zero attached hydrogens (tertiary/aromatic N) is 1. The topological polar surface area (TPSA) is 72.9 Å². The van der Waals surface area contributed by atoms with Crippen LogP contribution in [0.1, 0.15) is 28.4 Å². The number of carbonyl (C=O) groups excluding carboxylic acids is 3. The Morgan fingerprint density at radius 2 is 1.78 bits per heavy atom. The van der Waals surface area contributed by atoms with E-state index in [4.69, 9.17) is 9.47 Å². The Morgan fingerprint density at radius 3 is 2.47 bits per heavy atom. The van der Waals surface area contributed by atoms with Crippen molar-refractivity contribution in [2.75, 3.05) is 13.2 Å². The lowest BCUT2D eigenvalue weighted by molar-refractivity contribution is -0.122. The van der Waals surface area contributed by atoms with Crippen molar-refractivity contribution in [2.45, 2.75) is 13.5 Å². The van der Waals surface area contributed by atoms with Crippen molar-refractivity contribution in [1.29, 1.82) is 0 Å². The van der Waals surface area contributed by atoms with E-state index in [0.29, 0.717) is 35.8 Å². The molecule has 1 heterocycles. The van der Waals surface area contributed by atoms with Crippen LogP contribution in [-0.4, -0.2) is 35.0 Å². The molecule has 0 N–H and O–H groups in total. The summed E-state index contributed by atoms with van der Waals surface area (Å²) in [5.41, 5.74) is 2.16. The number of carbonyl (C=O) groups is 3.